The van der Waals surface area contributed by atoms with Crippen molar-refractivity contribution >= 4 is 22.8 Å². The highest BCUT2D eigenvalue weighted by Crippen LogP contribution is 2.30. The summed E-state index contributed by atoms with van der Waals surface area (Å²) in [5.74, 6) is 3.04. The van der Waals surface area contributed by atoms with E-state index >= 15 is 0 Å². The molecule has 3 aromatic heterocycles. The average molecular weight is 471 g/mol. The van der Waals surface area contributed by atoms with Gasteiger partial charge < -0.3 is 13.7 Å². The van der Waals surface area contributed by atoms with Gasteiger partial charge in [0, 0.05) is 17.5 Å². The Morgan fingerprint density at radius 2 is 1.82 bits per heavy atom. The van der Waals surface area contributed by atoms with Gasteiger partial charge in [-0.15, -0.1) is 0 Å². The molecule has 6 nitrogen and oxygen atoms in total. The predicted molar refractivity (Wildman–Crippen MR) is 135 cm³/mol. The molecule has 0 atom stereocenters. The summed E-state index contributed by atoms with van der Waals surface area (Å²) in [6.45, 7) is 6.79. The van der Waals surface area contributed by atoms with Crippen LogP contribution in [-0.2, 0) is 12.3 Å². The third kappa shape index (κ3) is 4.43. The summed E-state index contributed by atoms with van der Waals surface area (Å²) in [5.41, 5.74) is 7.58. The van der Waals surface area contributed by atoms with Crippen LogP contribution in [0.4, 0.5) is 0 Å². The highest BCUT2D eigenvalue weighted by Gasteiger charge is 2.17. The van der Waals surface area contributed by atoms with Crippen LogP contribution < -0.4 is 4.74 Å². The molecule has 0 fully saturated rings. The molecule has 0 amide bonds. The van der Waals surface area contributed by atoms with Crippen molar-refractivity contribution in [1.29, 1.82) is 0 Å². The van der Waals surface area contributed by atoms with Gasteiger partial charge in [0.05, 0.1) is 30.9 Å². The number of ether oxygens (including phenoxy) is 1. The lowest BCUT2D eigenvalue weighted by atomic mass is 10.1. The van der Waals surface area contributed by atoms with Gasteiger partial charge in [0.25, 0.3) is 0 Å². The first-order valence-corrected chi connectivity index (χ1v) is 12.1. The number of pyridine rings is 1. The SMILES string of the molecule is COc1ccc(-c2nc(Cn3c(SCc4cc(C)ccc4C)nc4ccncc43)c(C)o2)cc1. The monoisotopic (exact) mass is 470 g/mol. The molecule has 2 aromatic carbocycles. The van der Waals surface area contributed by atoms with Crippen LogP contribution in [0.1, 0.15) is 28.1 Å². The molecule has 7 heteroatoms. The van der Waals surface area contributed by atoms with Gasteiger partial charge in [-0.05, 0) is 62.2 Å². The van der Waals surface area contributed by atoms with Crippen LogP contribution in [0.5, 0.6) is 5.75 Å². The van der Waals surface area contributed by atoms with E-state index in [4.69, 9.17) is 19.1 Å². The number of nitrogens with zero attached hydrogens (tertiary/aromatic N) is 4. The Bertz CT molecular complexity index is 1450. The molecular formula is C27H26N4O2S. The Balaban J connectivity index is 1.46. The quantitative estimate of drug-likeness (QED) is 0.258. The zero-order chi connectivity index (χ0) is 23.7. The van der Waals surface area contributed by atoms with Gasteiger partial charge in [0.15, 0.2) is 5.16 Å². The van der Waals surface area contributed by atoms with Crippen molar-refractivity contribution in [2.24, 2.45) is 0 Å². The fraction of sp³-hybridized carbons (Fsp3) is 0.222. The first-order valence-electron chi connectivity index (χ1n) is 11.1. The Morgan fingerprint density at radius 3 is 2.62 bits per heavy atom. The zero-order valence-corrected chi connectivity index (χ0v) is 20.5. The van der Waals surface area contributed by atoms with Crippen molar-refractivity contribution in [3.63, 3.8) is 0 Å². The van der Waals surface area contributed by atoms with Crippen LogP contribution in [0.15, 0.2) is 70.5 Å². The number of aryl methyl sites for hydroxylation is 3. The average Bonchev–Trinajstić information content (AvgIpc) is 3.40. The first-order chi connectivity index (χ1) is 16.5. The maximum atomic E-state index is 6.03. The fourth-order valence-electron chi connectivity index (χ4n) is 3.89. The lowest BCUT2D eigenvalue weighted by Gasteiger charge is -2.09. The van der Waals surface area contributed by atoms with E-state index in [0.29, 0.717) is 12.4 Å². The summed E-state index contributed by atoms with van der Waals surface area (Å²) in [6, 6.07) is 16.3. The molecule has 34 heavy (non-hydrogen) atoms. The molecule has 0 saturated heterocycles. The number of rotatable bonds is 7. The normalized spacial score (nSPS) is 11.3. The summed E-state index contributed by atoms with van der Waals surface area (Å²) in [4.78, 5) is 14.1. The third-order valence-corrected chi connectivity index (χ3v) is 6.94. The van der Waals surface area contributed by atoms with Gasteiger partial charge in [0.1, 0.15) is 17.2 Å². The number of imidazole rings is 1. The van der Waals surface area contributed by atoms with Crippen LogP contribution in [-0.4, -0.2) is 26.6 Å². The number of thioether (sulfide) groups is 1. The standard InChI is InChI=1S/C27H26N4O2S/c1-17-5-6-18(2)21(13-17)16-34-27-30-23-11-12-28-14-25(23)31(27)15-24-19(3)33-26(29-24)20-7-9-22(32-4)10-8-20/h5-14H,15-16H2,1-4H3. The summed E-state index contributed by atoms with van der Waals surface area (Å²) < 4.78 is 13.5. The number of aromatic nitrogens is 4. The lowest BCUT2D eigenvalue weighted by Crippen LogP contribution is -2.04. The predicted octanol–water partition coefficient (Wildman–Crippen LogP) is 6.36. The van der Waals surface area contributed by atoms with Gasteiger partial charge in [-0.25, -0.2) is 9.97 Å². The Hall–Kier alpha value is -3.58. The topological polar surface area (TPSA) is 66.0 Å². The maximum Gasteiger partial charge on any atom is 0.226 e. The minimum Gasteiger partial charge on any atom is -0.497 e. The molecule has 5 aromatic rings. The minimum atomic E-state index is 0.558. The van der Waals surface area contributed by atoms with E-state index in [0.717, 1.165) is 44.7 Å². The van der Waals surface area contributed by atoms with Crippen LogP contribution in [0.2, 0.25) is 0 Å². The van der Waals surface area contributed by atoms with Gasteiger partial charge in [-0.2, -0.15) is 0 Å². The number of methoxy groups -OCH3 is 1. The lowest BCUT2D eigenvalue weighted by molar-refractivity contribution is 0.415. The summed E-state index contributed by atoms with van der Waals surface area (Å²) in [6.07, 6.45) is 3.64. The second-order valence-corrected chi connectivity index (χ2v) is 9.26. The molecule has 0 saturated carbocycles. The van der Waals surface area contributed by atoms with Gasteiger partial charge in [-0.1, -0.05) is 35.5 Å². The maximum absolute atomic E-state index is 6.03. The van der Waals surface area contributed by atoms with E-state index in [1.165, 1.54) is 16.7 Å². The van der Waals surface area contributed by atoms with Crippen LogP contribution >= 0.6 is 11.8 Å². The fourth-order valence-corrected chi connectivity index (χ4v) is 4.97. The molecule has 0 aliphatic carbocycles. The molecule has 0 bridgehead atoms. The highest BCUT2D eigenvalue weighted by molar-refractivity contribution is 7.98. The number of hydrogen-bond donors (Lipinski definition) is 0. The van der Waals surface area contributed by atoms with Crippen LogP contribution in [0.3, 0.4) is 0 Å². The molecule has 0 aliphatic heterocycles. The van der Waals surface area contributed by atoms with E-state index in [9.17, 15) is 0 Å². The number of fused-ring (bicyclic) bond motifs is 1. The second kappa shape index (κ2) is 9.35. The van der Waals surface area contributed by atoms with Crippen LogP contribution in [0.25, 0.3) is 22.5 Å². The summed E-state index contributed by atoms with van der Waals surface area (Å²) in [7, 11) is 1.66. The molecule has 0 spiro atoms. The molecule has 172 valence electrons. The molecule has 3 heterocycles. The van der Waals surface area contributed by atoms with Crippen molar-refractivity contribution in [2.75, 3.05) is 7.11 Å². The van der Waals surface area contributed by atoms with Gasteiger partial charge in [0.2, 0.25) is 5.89 Å². The van der Waals surface area contributed by atoms with Gasteiger partial charge in [-0.3, -0.25) is 4.98 Å². The van der Waals surface area contributed by atoms with E-state index in [1.54, 1.807) is 25.1 Å². The molecule has 5 rings (SSSR count). The molecule has 0 unspecified atom stereocenters. The second-order valence-electron chi connectivity index (χ2n) is 8.31. The van der Waals surface area contributed by atoms with Gasteiger partial charge >= 0.3 is 0 Å². The first kappa shape index (κ1) is 22.2. The summed E-state index contributed by atoms with van der Waals surface area (Å²) in [5, 5.41) is 0.942. The van der Waals surface area contributed by atoms with Crippen molar-refractivity contribution < 1.29 is 9.15 Å². The molecular weight excluding hydrogens is 444 g/mol. The third-order valence-electron chi connectivity index (χ3n) is 5.91. The van der Waals surface area contributed by atoms with Crippen molar-refractivity contribution in [3.05, 3.63) is 89.1 Å². The largest absolute Gasteiger partial charge is 0.497 e. The highest BCUT2D eigenvalue weighted by atomic mass is 32.2. The zero-order valence-electron chi connectivity index (χ0n) is 19.7. The number of benzene rings is 2. The van der Waals surface area contributed by atoms with E-state index in [1.807, 2.05) is 43.5 Å². The summed E-state index contributed by atoms with van der Waals surface area (Å²) >= 11 is 1.73. The Kier molecular flexibility index (Phi) is 6.11. The minimum absolute atomic E-state index is 0.558. The number of hydrogen-bond acceptors (Lipinski definition) is 6. The van der Waals surface area contributed by atoms with E-state index in [-0.39, 0.29) is 0 Å². The molecule has 0 N–H and O–H groups in total. The Labute approximate surface area is 203 Å². The molecule has 0 radical (unpaired) electrons. The van der Waals surface area contributed by atoms with E-state index < -0.39 is 0 Å². The Morgan fingerprint density at radius 1 is 1.00 bits per heavy atom. The van der Waals surface area contributed by atoms with Crippen molar-refractivity contribution in [3.8, 4) is 17.2 Å². The number of oxazole rings is 1. The van der Waals surface area contributed by atoms with Crippen LogP contribution in [0, 0.1) is 20.8 Å². The molecule has 0 aliphatic rings. The van der Waals surface area contributed by atoms with Crippen molar-refractivity contribution in [2.45, 2.75) is 38.2 Å². The van der Waals surface area contributed by atoms with E-state index in [2.05, 4.69) is 41.6 Å². The smallest absolute Gasteiger partial charge is 0.226 e. The van der Waals surface area contributed by atoms with Crippen molar-refractivity contribution in [1.82, 2.24) is 19.5 Å².